The maximum atomic E-state index is 11.4. The summed E-state index contributed by atoms with van der Waals surface area (Å²) in [5.74, 6) is 1.16. The third kappa shape index (κ3) is 6.93. The van der Waals surface area contributed by atoms with Crippen LogP contribution in [0, 0.1) is 17.8 Å². The van der Waals surface area contributed by atoms with Crippen molar-refractivity contribution in [2.24, 2.45) is 17.8 Å². The monoisotopic (exact) mass is 200 g/mol. The SMILES string of the molecule is CC(C)CCOC(=O)C(C)CC(C)C. The van der Waals surface area contributed by atoms with E-state index >= 15 is 0 Å². The molecule has 0 saturated carbocycles. The summed E-state index contributed by atoms with van der Waals surface area (Å²) in [5.41, 5.74) is 0. The van der Waals surface area contributed by atoms with Crippen molar-refractivity contribution in [1.82, 2.24) is 0 Å². The minimum Gasteiger partial charge on any atom is -0.465 e. The average molecular weight is 200 g/mol. The molecule has 1 unspecified atom stereocenters. The van der Waals surface area contributed by atoms with Crippen LogP contribution in [-0.4, -0.2) is 12.6 Å². The summed E-state index contributed by atoms with van der Waals surface area (Å²) in [6.45, 7) is 11.0. The zero-order valence-electron chi connectivity index (χ0n) is 10.2. The van der Waals surface area contributed by atoms with Crippen LogP contribution in [-0.2, 0) is 9.53 Å². The van der Waals surface area contributed by atoms with Crippen LogP contribution < -0.4 is 0 Å². The Hall–Kier alpha value is -0.530. The molecule has 0 aromatic rings. The molecule has 0 bridgehead atoms. The van der Waals surface area contributed by atoms with Gasteiger partial charge in [-0.3, -0.25) is 4.79 Å². The quantitative estimate of drug-likeness (QED) is 0.615. The van der Waals surface area contributed by atoms with Crippen LogP contribution in [0.3, 0.4) is 0 Å². The van der Waals surface area contributed by atoms with E-state index in [9.17, 15) is 4.79 Å². The van der Waals surface area contributed by atoms with Gasteiger partial charge in [0.15, 0.2) is 0 Å². The minimum atomic E-state index is -0.0423. The first-order valence-electron chi connectivity index (χ1n) is 5.60. The first-order chi connectivity index (χ1) is 6.43. The number of carbonyl (C=O) groups is 1. The van der Waals surface area contributed by atoms with Crippen molar-refractivity contribution in [2.45, 2.75) is 47.5 Å². The Kier molecular flexibility index (Phi) is 6.60. The molecule has 0 aromatic carbocycles. The topological polar surface area (TPSA) is 26.3 Å². The summed E-state index contributed by atoms with van der Waals surface area (Å²) in [7, 11) is 0. The molecule has 2 nitrogen and oxygen atoms in total. The molecule has 0 spiro atoms. The molecule has 0 aromatic heterocycles. The fraction of sp³-hybridized carbons (Fsp3) is 0.917. The highest BCUT2D eigenvalue weighted by molar-refractivity contribution is 5.71. The van der Waals surface area contributed by atoms with E-state index in [2.05, 4.69) is 27.7 Å². The molecule has 0 radical (unpaired) electrons. The van der Waals surface area contributed by atoms with E-state index in [0.717, 1.165) is 12.8 Å². The smallest absolute Gasteiger partial charge is 0.308 e. The minimum absolute atomic E-state index is 0.0423. The molecule has 2 heteroatoms. The number of hydrogen-bond donors (Lipinski definition) is 0. The molecular formula is C12H24O2. The fourth-order valence-electron chi connectivity index (χ4n) is 1.34. The lowest BCUT2D eigenvalue weighted by molar-refractivity contribution is -0.148. The zero-order chi connectivity index (χ0) is 11.1. The van der Waals surface area contributed by atoms with Gasteiger partial charge in [0.25, 0.3) is 0 Å². The van der Waals surface area contributed by atoms with Gasteiger partial charge in [-0.05, 0) is 24.7 Å². The average Bonchev–Trinajstić information content (AvgIpc) is 2.01. The lowest BCUT2D eigenvalue weighted by atomic mass is 9.99. The number of hydrogen-bond acceptors (Lipinski definition) is 2. The van der Waals surface area contributed by atoms with Crippen molar-refractivity contribution in [2.75, 3.05) is 6.61 Å². The van der Waals surface area contributed by atoms with E-state index in [1.807, 2.05) is 6.92 Å². The molecule has 0 aliphatic rings. The molecule has 0 amide bonds. The van der Waals surface area contributed by atoms with E-state index in [0.29, 0.717) is 18.4 Å². The van der Waals surface area contributed by atoms with E-state index in [-0.39, 0.29) is 11.9 Å². The molecule has 1 atom stereocenters. The third-order valence-corrected chi connectivity index (χ3v) is 2.17. The van der Waals surface area contributed by atoms with Gasteiger partial charge < -0.3 is 4.74 Å². The molecule has 0 saturated heterocycles. The lowest BCUT2D eigenvalue weighted by Crippen LogP contribution is -2.17. The van der Waals surface area contributed by atoms with E-state index < -0.39 is 0 Å². The maximum Gasteiger partial charge on any atom is 0.308 e. The van der Waals surface area contributed by atoms with Gasteiger partial charge in [0, 0.05) is 0 Å². The van der Waals surface area contributed by atoms with Crippen molar-refractivity contribution >= 4 is 5.97 Å². The largest absolute Gasteiger partial charge is 0.465 e. The summed E-state index contributed by atoms with van der Waals surface area (Å²) < 4.78 is 5.18. The second kappa shape index (κ2) is 6.86. The molecular weight excluding hydrogens is 176 g/mol. The summed E-state index contributed by atoms with van der Waals surface area (Å²) in [6.07, 6.45) is 1.88. The Morgan fingerprint density at radius 3 is 2.07 bits per heavy atom. The highest BCUT2D eigenvalue weighted by atomic mass is 16.5. The lowest BCUT2D eigenvalue weighted by Gasteiger charge is -2.13. The Morgan fingerprint density at radius 2 is 1.64 bits per heavy atom. The van der Waals surface area contributed by atoms with E-state index in [1.54, 1.807) is 0 Å². The molecule has 0 aliphatic heterocycles. The fourth-order valence-corrected chi connectivity index (χ4v) is 1.34. The molecule has 0 heterocycles. The second-order valence-electron chi connectivity index (χ2n) is 4.88. The molecule has 84 valence electrons. The third-order valence-electron chi connectivity index (χ3n) is 2.17. The molecule has 0 rings (SSSR count). The second-order valence-corrected chi connectivity index (χ2v) is 4.88. The Bertz CT molecular complexity index is 162. The van der Waals surface area contributed by atoms with Crippen molar-refractivity contribution in [3.8, 4) is 0 Å². The van der Waals surface area contributed by atoms with Crippen LogP contribution in [0.4, 0.5) is 0 Å². The van der Waals surface area contributed by atoms with Crippen LogP contribution in [0.5, 0.6) is 0 Å². The van der Waals surface area contributed by atoms with Crippen LogP contribution in [0.25, 0.3) is 0 Å². The Labute approximate surface area is 88.0 Å². The number of ether oxygens (including phenoxy) is 1. The van der Waals surface area contributed by atoms with Crippen LogP contribution in [0.2, 0.25) is 0 Å². The van der Waals surface area contributed by atoms with Gasteiger partial charge in [-0.2, -0.15) is 0 Å². The van der Waals surface area contributed by atoms with Crippen molar-refractivity contribution in [3.63, 3.8) is 0 Å². The van der Waals surface area contributed by atoms with Crippen LogP contribution >= 0.6 is 0 Å². The predicted molar refractivity (Wildman–Crippen MR) is 59.0 cm³/mol. The zero-order valence-corrected chi connectivity index (χ0v) is 10.2. The highest BCUT2D eigenvalue weighted by Crippen LogP contribution is 2.12. The molecule has 0 N–H and O–H groups in total. The maximum absolute atomic E-state index is 11.4. The van der Waals surface area contributed by atoms with Crippen molar-refractivity contribution in [3.05, 3.63) is 0 Å². The molecule has 0 fully saturated rings. The summed E-state index contributed by atoms with van der Waals surface area (Å²) in [5, 5.41) is 0. The van der Waals surface area contributed by atoms with Crippen molar-refractivity contribution < 1.29 is 9.53 Å². The van der Waals surface area contributed by atoms with Crippen LogP contribution in [0.1, 0.15) is 47.5 Å². The number of carbonyl (C=O) groups excluding carboxylic acids is 1. The summed E-state index contributed by atoms with van der Waals surface area (Å²) in [4.78, 5) is 11.4. The van der Waals surface area contributed by atoms with Crippen molar-refractivity contribution in [1.29, 1.82) is 0 Å². The van der Waals surface area contributed by atoms with Gasteiger partial charge >= 0.3 is 5.97 Å². The van der Waals surface area contributed by atoms with Gasteiger partial charge in [-0.1, -0.05) is 34.6 Å². The normalized spacial score (nSPS) is 13.4. The first-order valence-corrected chi connectivity index (χ1v) is 5.60. The van der Waals surface area contributed by atoms with Gasteiger partial charge in [-0.15, -0.1) is 0 Å². The number of esters is 1. The van der Waals surface area contributed by atoms with Gasteiger partial charge in [0.1, 0.15) is 0 Å². The highest BCUT2D eigenvalue weighted by Gasteiger charge is 2.15. The first kappa shape index (κ1) is 13.5. The Balaban J connectivity index is 3.62. The van der Waals surface area contributed by atoms with Gasteiger partial charge in [-0.25, -0.2) is 0 Å². The molecule has 14 heavy (non-hydrogen) atoms. The standard InChI is InChI=1S/C12H24O2/c1-9(2)6-7-14-12(13)11(5)8-10(3)4/h9-11H,6-8H2,1-5H3. The molecule has 0 aliphatic carbocycles. The van der Waals surface area contributed by atoms with E-state index in [4.69, 9.17) is 4.74 Å². The summed E-state index contributed by atoms with van der Waals surface area (Å²) in [6, 6.07) is 0. The Morgan fingerprint density at radius 1 is 1.07 bits per heavy atom. The summed E-state index contributed by atoms with van der Waals surface area (Å²) >= 11 is 0. The van der Waals surface area contributed by atoms with Gasteiger partial charge in [0.2, 0.25) is 0 Å². The predicted octanol–water partition coefficient (Wildman–Crippen LogP) is 3.26. The van der Waals surface area contributed by atoms with Gasteiger partial charge in [0.05, 0.1) is 12.5 Å². The number of rotatable bonds is 6. The van der Waals surface area contributed by atoms with Crippen LogP contribution in [0.15, 0.2) is 0 Å². The van der Waals surface area contributed by atoms with E-state index in [1.165, 1.54) is 0 Å².